The van der Waals surface area contributed by atoms with Crippen molar-refractivity contribution in [3.63, 3.8) is 0 Å². The molecule has 2 aromatic heterocycles. The Hall–Kier alpha value is -1.39. The highest BCUT2D eigenvalue weighted by Gasteiger charge is 2.17. The molecule has 0 aliphatic carbocycles. The number of ether oxygens (including phenoxy) is 1. The van der Waals surface area contributed by atoms with Gasteiger partial charge in [0.1, 0.15) is 0 Å². The van der Waals surface area contributed by atoms with Crippen LogP contribution in [0.3, 0.4) is 0 Å². The molecular weight excluding hydrogens is 214 g/mol. The molecule has 1 N–H and O–H groups in total. The summed E-state index contributed by atoms with van der Waals surface area (Å²) in [4.78, 5) is 0. The van der Waals surface area contributed by atoms with Crippen LogP contribution in [0.25, 0.3) is 5.52 Å². The van der Waals surface area contributed by atoms with Crippen LogP contribution in [0.5, 0.6) is 0 Å². The highest BCUT2D eigenvalue weighted by molar-refractivity contribution is 5.53. The molecule has 0 unspecified atom stereocenters. The fourth-order valence-electron chi connectivity index (χ4n) is 1.87. The second-order valence-electron chi connectivity index (χ2n) is 4.87. The standard InChI is InChI=1S/C13H19N3O/c1-13(2,10-17-3)14-8-11-9-15-16-7-5-4-6-12(11)16/h4-7,9,14H,8,10H2,1-3H3. The van der Waals surface area contributed by atoms with Crippen LogP contribution in [0.4, 0.5) is 0 Å². The number of hydrogen-bond donors (Lipinski definition) is 1. The fraction of sp³-hybridized carbons (Fsp3) is 0.462. The van der Waals surface area contributed by atoms with Gasteiger partial charge in [0.2, 0.25) is 0 Å². The summed E-state index contributed by atoms with van der Waals surface area (Å²) in [5.41, 5.74) is 2.32. The maximum Gasteiger partial charge on any atom is 0.0706 e. The predicted octanol–water partition coefficient (Wildman–Crippen LogP) is 1.85. The van der Waals surface area contributed by atoms with Gasteiger partial charge in [0.25, 0.3) is 0 Å². The Morgan fingerprint density at radius 1 is 1.41 bits per heavy atom. The van der Waals surface area contributed by atoms with Gasteiger partial charge in [-0.2, -0.15) is 5.10 Å². The SMILES string of the molecule is COCC(C)(C)NCc1cnn2ccccc12. The summed E-state index contributed by atoms with van der Waals surface area (Å²) in [7, 11) is 1.72. The number of nitrogens with one attached hydrogen (secondary N) is 1. The van der Waals surface area contributed by atoms with E-state index in [2.05, 4.69) is 30.3 Å². The van der Waals surface area contributed by atoms with Gasteiger partial charge in [-0.15, -0.1) is 0 Å². The first-order valence-corrected chi connectivity index (χ1v) is 5.77. The second-order valence-corrected chi connectivity index (χ2v) is 4.87. The van der Waals surface area contributed by atoms with Crippen LogP contribution >= 0.6 is 0 Å². The molecule has 4 nitrogen and oxygen atoms in total. The van der Waals surface area contributed by atoms with Gasteiger partial charge in [-0.05, 0) is 26.0 Å². The Kier molecular flexibility index (Phi) is 3.45. The number of fused-ring (bicyclic) bond motifs is 1. The summed E-state index contributed by atoms with van der Waals surface area (Å²) in [5, 5.41) is 7.79. The second kappa shape index (κ2) is 4.85. The van der Waals surface area contributed by atoms with Crippen molar-refractivity contribution in [1.29, 1.82) is 0 Å². The van der Waals surface area contributed by atoms with Gasteiger partial charge in [0.15, 0.2) is 0 Å². The first-order chi connectivity index (χ1) is 8.12. The Labute approximate surface area is 102 Å². The monoisotopic (exact) mass is 233 g/mol. The number of methoxy groups -OCH3 is 1. The van der Waals surface area contributed by atoms with Crippen LogP contribution in [0, 0.1) is 0 Å². The van der Waals surface area contributed by atoms with Gasteiger partial charge >= 0.3 is 0 Å². The molecule has 0 bridgehead atoms. The molecule has 0 aliphatic heterocycles. The average Bonchev–Trinajstić information content (AvgIpc) is 2.70. The maximum atomic E-state index is 5.18. The van der Waals surface area contributed by atoms with E-state index < -0.39 is 0 Å². The van der Waals surface area contributed by atoms with E-state index in [1.807, 2.05) is 29.0 Å². The van der Waals surface area contributed by atoms with Crippen LogP contribution in [-0.2, 0) is 11.3 Å². The van der Waals surface area contributed by atoms with Gasteiger partial charge in [-0.1, -0.05) is 6.07 Å². The molecule has 0 spiro atoms. The summed E-state index contributed by atoms with van der Waals surface area (Å²) < 4.78 is 7.07. The normalized spacial score (nSPS) is 12.2. The molecule has 0 fully saturated rings. The smallest absolute Gasteiger partial charge is 0.0706 e. The quantitative estimate of drug-likeness (QED) is 0.856. The number of nitrogens with zero attached hydrogens (tertiary/aromatic N) is 2. The summed E-state index contributed by atoms with van der Waals surface area (Å²) >= 11 is 0. The molecule has 0 aliphatic rings. The molecule has 2 heterocycles. The van der Waals surface area contributed by atoms with E-state index in [1.165, 1.54) is 5.56 Å². The summed E-state index contributed by atoms with van der Waals surface area (Å²) in [6, 6.07) is 6.08. The van der Waals surface area contributed by atoms with Crippen LogP contribution in [0.2, 0.25) is 0 Å². The van der Waals surface area contributed by atoms with Crippen molar-refractivity contribution in [2.45, 2.75) is 25.9 Å². The lowest BCUT2D eigenvalue weighted by Gasteiger charge is -2.25. The minimum atomic E-state index is -0.0300. The third-order valence-electron chi connectivity index (χ3n) is 2.77. The highest BCUT2D eigenvalue weighted by Crippen LogP contribution is 2.11. The number of pyridine rings is 1. The number of hydrogen-bond acceptors (Lipinski definition) is 3. The molecule has 0 aromatic carbocycles. The van der Waals surface area contributed by atoms with E-state index in [-0.39, 0.29) is 5.54 Å². The van der Waals surface area contributed by atoms with E-state index in [0.29, 0.717) is 6.61 Å². The molecule has 92 valence electrons. The molecule has 2 rings (SSSR count). The zero-order chi connectivity index (χ0) is 12.3. The van der Waals surface area contributed by atoms with E-state index in [0.717, 1.165) is 12.1 Å². The summed E-state index contributed by atoms with van der Waals surface area (Å²) in [5.74, 6) is 0. The van der Waals surface area contributed by atoms with Crippen LogP contribution in [-0.4, -0.2) is 28.9 Å². The molecule has 0 radical (unpaired) electrons. The van der Waals surface area contributed by atoms with E-state index in [4.69, 9.17) is 4.74 Å². The summed E-state index contributed by atoms with van der Waals surface area (Å²) in [6.45, 7) is 5.74. The molecular formula is C13H19N3O. The van der Waals surface area contributed by atoms with Crippen molar-refractivity contribution in [1.82, 2.24) is 14.9 Å². The van der Waals surface area contributed by atoms with Gasteiger partial charge in [0, 0.05) is 31.0 Å². The largest absolute Gasteiger partial charge is 0.383 e. The predicted molar refractivity (Wildman–Crippen MR) is 68.0 cm³/mol. The van der Waals surface area contributed by atoms with Crippen molar-refractivity contribution in [3.8, 4) is 0 Å². The third-order valence-corrected chi connectivity index (χ3v) is 2.77. The van der Waals surface area contributed by atoms with Crippen molar-refractivity contribution < 1.29 is 4.74 Å². The third kappa shape index (κ3) is 2.84. The number of rotatable bonds is 5. The molecule has 0 amide bonds. The minimum Gasteiger partial charge on any atom is -0.383 e. The van der Waals surface area contributed by atoms with Gasteiger partial charge in [-0.25, -0.2) is 4.52 Å². The molecule has 0 saturated carbocycles. The Balaban J connectivity index is 2.09. The topological polar surface area (TPSA) is 38.6 Å². The van der Waals surface area contributed by atoms with Crippen molar-refractivity contribution in [2.24, 2.45) is 0 Å². The van der Waals surface area contributed by atoms with Crippen LogP contribution in [0.15, 0.2) is 30.6 Å². The van der Waals surface area contributed by atoms with E-state index in [1.54, 1.807) is 7.11 Å². The highest BCUT2D eigenvalue weighted by atomic mass is 16.5. The Bertz CT molecular complexity index is 490. The lowest BCUT2D eigenvalue weighted by molar-refractivity contribution is 0.128. The maximum absolute atomic E-state index is 5.18. The molecule has 2 aromatic rings. The lowest BCUT2D eigenvalue weighted by atomic mass is 10.1. The fourth-order valence-corrected chi connectivity index (χ4v) is 1.87. The Morgan fingerprint density at radius 3 is 3.00 bits per heavy atom. The zero-order valence-electron chi connectivity index (χ0n) is 10.6. The zero-order valence-corrected chi connectivity index (χ0v) is 10.6. The molecule has 4 heteroatoms. The molecule has 0 atom stereocenters. The van der Waals surface area contributed by atoms with E-state index in [9.17, 15) is 0 Å². The minimum absolute atomic E-state index is 0.0300. The molecule has 17 heavy (non-hydrogen) atoms. The van der Waals surface area contributed by atoms with E-state index >= 15 is 0 Å². The lowest BCUT2D eigenvalue weighted by Crippen LogP contribution is -2.42. The van der Waals surface area contributed by atoms with Crippen molar-refractivity contribution >= 4 is 5.52 Å². The van der Waals surface area contributed by atoms with Crippen LogP contribution < -0.4 is 5.32 Å². The van der Waals surface area contributed by atoms with Gasteiger partial charge in [0.05, 0.1) is 18.3 Å². The van der Waals surface area contributed by atoms with Crippen LogP contribution in [0.1, 0.15) is 19.4 Å². The number of aromatic nitrogens is 2. The summed E-state index contributed by atoms with van der Waals surface area (Å²) in [6.07, 6.45) is 3.87. The van der Waals surface area contributed by atoms with Gasteiger partial charge < -0.3 is 10.1 Å². The van der Waals surface area contributed by atoms with Crippen molar-refractivity contribution in [3.05, 3.63) is 36.2 Å². The van der Waals surface area contributed by atoms with Crippen molar-refractivity contribution in [2.75, 3.05) is 13.7 Å². The average molecular weight is 233 g/mol. The van der Waals surface area contributed by atoms with Gasteiger partial charge in [-0.3, -0.25) is 0 Å². The first-order valence-electron chi connectivity index (χ1n) is 5.77. The Morgan fingerprint density at radius 2 is 2.24 bits per heavy atom. The molecule has 0 saturated heterocycles. The first kappa shape index (κ1) is 12.1.